The summed E-state index contributed by atoms with van der Waals surface area (Å²) in [4.78, 5) is 28.2. The van der Waals surface area contributed by atoms with Crippen molar-refractivity contribution >= 4 is 23.4 Å². The molecule has 33 heavy (non-hydrogen) atoms. The molecule has 0 spiro atoms. The Labute approximate surface area is 201 Å². The molecule has 6 nitrogen and oxygen atoms in total. The number of carbonyl (C=O) groups excluding carboxylic acids is 2. The van der Waals surface area contributed by atoms with E-state index in [1.807, 2.05) is 31.2 Å². The molecular weight excluding hydrogens is 440 g/mol. The molecule has 0 radical (unpaired) electrons. The highest BCUT2D eigenvalue weighted by molar-refractivity contribution is 6.32. The minimum Gasteiger partial charge on any atom is -0.497 e. The van der Waals surface area contributed by atoms with E-state index in [1.54, 1.807) is 36.3 Å². The first-order valence-corrected chi connectivity index (χ1v) is 12.0. The van der Waals surface area contributed by atoms with Crippen molar-refractivity contribution < 1.29 is 19.1 Å². The van der Waals surface area contributed by atoms with E-state index in [0.717, 1.165) is 31.2 Å². The summed E-state index contributed by atoms with van der Waals surface area (Å²) in [5, 5.41) is 3.61. The number of benzene rings is 2. The van der Waals surface area contributed by atoms with Crippen LogP contribution < -0.4 is 14.8 Å². The first kappa shape index (κ1) is 24.9. The third-order valence-electron chi connectivity index (χ3n) is 6.01. The molecule has 1 atom stereocenters. The van der Waals surface area contributed by atoms with Gasteiger partial charge in [-0.3, -0.25) is 9.59 Å². The lowest BCUT2D eigenvalue weighted by atomic mass is 9.95. The van der Waals surface area contributed by atoms with Gasteiger partial charge in [0.25, 0.3) is 5.91 Å². The number of nitrogens with zero attached hydrogens (tertiary/aromatic N) is 1. The molecule has 2 aromatic carbocycles. The fourth-order valence-electron chi connectivity index (χ4n) is 4.22. The van der Waals surface area contributed by atoms with Gasteiger partial charge >= 0.3 is 0 Å². The van der Waals surface area contributed by atoms with Crippen molar-refractivity contribution in [2.45, 2.75) is 64.1 Å². The summed E-state index contributed by atoms with van der Waals surface area (Å²) in [5.41, 5.74) is 0.879. The number of rotatable bonds is 10. The van der Waals surface area contributed by atoms with Gasteiger partial charge in [0.15, 0.2) is 6.61 Å². The van der Waals surface area contributed by atoms with Crippen LogP contribution in [-0.4, -0.2) is 42.5 Å². The van der Waals surface area contributed by atoms with Crippen LogP contribution in [0.15, 0.2) is 48.5 Å². The molecule has 0 bridgehead atoms. The smallest absolute Gasteiger partial charge is 0.261 e. The normalized spacial score (nSPS) is 14.9. The van der Waals surface area contributed by atoms with Crippen LogP contribution >= 0.6 is 11.6 Å². The highest BCUT2D eigenvalue weighted by Gasteiger charge is 2.30. The van der Waals surface area contributed by atoms with Crippen LogP contribution in [0.3, 0.4) is 0 Å². The molecule has 178 valence electrons. The molecule has 0 saturated heterocycles. The van der Waals surface area contributed by atoms with Crippen LogP contribution in [-0.2, 0) is 16.1 Å². The molecule has 7 heteroatoms. The monoisotopic (exact) mass is 472 g/mol. The molecule has 1 saturated carbocycles. The van der Waals surface area contributed by atoms with Gasteiger partial charge in [0.1, 0.15) is 17.5 Å². The van der Waals surface area contributed by atoms with Gasteiger partial charge in [0, 0.05) is 12.6 Å². The Morgan fingerprint density at radius 2 is 1.88 bits per heavy atom. The molecule has 0 aromatic heterocycles. The maximum absolute atomic E-state index is 13.3. The number of nitrogens with one attached hydrogen (secondary N) is 1. The van der Waals surface area contributed by atoms with E-state index in [0.29, 0.717) is 22.9 Å². The zero-order chi connectivity index (χ0) is 23.6. The number of carbonyl (C=O) groups is 2. The Morgan fingerprint density at radius 1 is 1.12 bits per heavy atom. The highest BCUT2D eigenvalue weighted by Crippen LogP contribution is 2.24. The number of halogens is 1. The lowest BCUT2D eigenvalue weighted by molar-refractivity contribution is -0.143. The lowest BCUT2D eigenvalue weighted by Crippen LogP contribution is -2.52. The molecule has 2 amide bonds. The number of ether oxygens (including phenoxy) is 2. The Kier molecular flexibility index (Phi) is 9.43. The molecule has 2 aromatic rings. The van der Waals surface area contributed by atoms with Gasteiger partial charge in [-0.05, 0) is 49.1 Å². The summed E-state index contributed by atoms with van der Waals surface area (Å²) in [6, 6.07) is 14.1. The summed E-state index contributed by atoms with van der Waals surface area (Å²) in [7, 11) is 1.60. The van der Waals surface area contributed by atoms with E-state index >= 15 is 0 Å². The SMILES string of the molecule is CC[C@@H](C(=O)NC1CCCCC1)N(Cc1cccc(OC)c1)C(=O)COc1ccccc1Cl. The Bertz CT molecular complexity index is 930. The second kappa shape index (κ2) is 12.5. The average molecular weight is 473 g/mol. The summed E-state index contributed by atoms with van der Waals surface area (Å²) in [5.74, 6) is 0.752. The third kappa shape index (κ3) is 7.13. The van der Waals surface area contributed by atoms with E-state index in [4.69, 9.17) is 21.1 Å². The van der Waals surface area contributed by atoms with Crippen molar-refractivity contribution in [3.8, 4) is 11.5 Å². The van der Waals surface area contributed by atoms with Gasteiger partial charge in [-0.2, -0.15) is 0 Å². The first-order valence-electron chi connectivity index (χ1n) is 11.6. The van der Waals surface area contributed by atoms with Crippen molar-refractivity contribution in [2.75, 3.05) is 13.7 Å². The topological polar surface area (TPSA) is 67.9 Å². The van der Waals surface area contributed by atoms with Crippen molar-refractivity contribution in [1.82, 2.24) is 10.2 Å². The molecule has 3 rings (SSSR count). The van der Waals surface area contributed by atoms with E-state index < -0.39 is 6.04 Å². The Balaban J connectivity index is 1.78. The quantitative estimate of drug-likeness (QED) is 0.529. The summed E-state index contributed by atoms with van der Waals surface area (Å²) < 4.78 is 11.0. The van der Waals surface area contributed by atoms with Crippen molar-refractivity contribution in [2.24, 2.45) is 0 Å². The maximum Gasteiger partial charge on any atom is 0.261 e. The predicted octanol–water partition coefficient (Wildman–Crippen LogP) is 4.98. The molecular formula is C26H33ClN2O4. The van der Waals surface area contributed by atoms with E-state index in [-0.39, 0.29) is 31.0 Å². The average Bonchev–Trinajstić information content (AvgIpc) is 2.84. The summed E-state index contributed by atoms with van der Waals surface area (Å²) in [6.07, 6.45) is 5.94. The summed E-state index contributed by atoms with van der Waals surface area (Å²) in [6.45, 7) is 1.99. The van der Waals surface area contributed by atoms with E-state index in [2.05, 4.69) is 5.32 Å². The van der Waals surface area contributed by atoms with Gasteiger partial charge < -0.3 is 19.7 Å². The first-order chi connectivity index (χ1) is 16.0. The van der Waals surface area contributed by atoms with Crippen LogP contribution in [0.4, 0.5) is 0 Å². The molecule has 1 aliphatic rings. The fraction of sp³-hybridized carbons (Fsp3) is 0.462. The van der Waals surface area contributed by atoms with Crippen molar-refractivity contribution in [3.63, 3.8) is 0 Å². The largest absolute Gasteiger partial charge is 0.497 e. The number of amides is 2. The van der Waals surface area contributed by atoms with Gasteiger partial charge in [0.05, 0.1) is 12.1 Å². The van der Waals surface area contributed by atoms with Gasteiger partial charge in [-0.15, -0.1) is 0 Å². The standard InChI is InChI=1S/C26H33ClN2O4/c1-3-23(26(31)28-20-11-5-4-6-12-20)29(17-19-10-9-13-21(16-19)32-2)25(30)18-33-24-15-8-7-14-22(24)27/h7-10,13-16,20,23H,3-6,11-12,17-18H2,1-2H3,(H,28,31)/t23-/m0/s1. The van der Waals surface area contributed by atoms with Crippen LogP contribution in [0, 0.1) is 0 Å². The molecule has 1 N–H and O–H groups in total. The van der Waals surface area contributed by atoms with Crippen LogP contribution in [0.25, 0.3) is 0 Å². The molecule has 0 unspecified atom stereocenters. The van der Waals surface area contributed by atoms with Crippen LogP contribution in [0.5, 0.6) is 11.5 Å². The second-order valence-corrected chi connectivity index (χ2v) is 8.77. The number of para-hydroxylation sites is 1. The van der Waals surface area contributed by atoms with Crippen LogP contribution in [0.1, 0.15) is 51.0 Å². The maximum atomic E-state index is 13.3. The number of hydrogen-bond donors (Lipinski definition) is 1. The lowest BCUT2D eigenvalue weighted by Gasteiger charge is -2.32. The van der Waals surface area contributed by atoms with Gasteiger partial charge in [-0.25, -0.2) is 0 Å². The van der Waals surface area contributed by atoms with E-state index in [1.165, 1.54) is 6.42 Å². The van der Waals surface area contributed by atoms with Crippen molar-refractivity contribution in [1.29, 1.82) is 0 Å². The minimum absolute atomic E-state index is 0.113. The highest BCUT2D eigenvalue weighted by atomic mass is 35.5. The summed E-state index contributed by atoms with van der Waals surface area (Å²) >= 11 is 6.17. The van der Waals surface area contributed by atoms with Gasteiger partial charge in [0.2, 0.25) is 5.91 Å². The second-order valence-electron chi connectivity index (χ2n) is 8.36. The fourth-order valence-corrected chi connectivity index (χ4v) is 4.41. The molecule has 0 heterocycles. The zero-order valence-corrected chi connectivity index (χ0v) is 20.1. The van der Waals surface area contributed by atoms with E-state index in [9.17, 15) is 9.59 Å². The molecule has 1 aliphatic carbocycles. The van der Waals surface area contributed by atoms with Crippen molar-refractivity contribution in [3.05, 3.63) is 59.1 Å². The number of hydrogen-bond acceptors (Lipinski definition) is 4. The minimum atomic E-state index is -0.597. The third-order valence-corrected chi connectivity index (χ3v) is 6.32. The van der Waals surface area contributed by atoms with Gasteiger partial charge in [-0.1, -0.05) is 62.1 Å². The predicted molar refractivity (Wildman–Crippen MR) is 130 cm³/mol. The molecule has 0 aliphatic heterocycles. The zero-order valence-electron chi connectivity index (χ0n) is 19.4. The Hall–Kier alpha value is -2.73. The molecule has 1 fully saturated rings. The van der Waals surface area contributed by atoms with Crippen LogP contribution in [0.2, 0.25) is 5.02 Å². The number of methoxy groups -OCH3 is 1. The Morgan fingerprint density at radius 3 is 2.58 bits per heavy atom.